The minimum Gasteiger partial charge on any atom is -0.324 e. The molecule has 26 heavy (non-hydrogen) atoms. The molecule has 0 saturated heterocycles. The Morgan fingerprint density at radius 2 is 1.15 bits per heavy atom. The Bertz CT molecular complexity index is 670. The molecule has 4 nitrogen and oxygen atoms in total. The van der Waals surface area contributed by atoms with Crippen molar-refractivity contribution >= 4 is 23.2 Å². The van der Waals surface area contributed by atoms with Gasteiger partial charge in [0, 0.05) is 11.8 Å². The van der Waals surface area contributed by atoms with Gasteiger partial charge in [-0.05, 0) is 74.3 Å². The minimum atomic E-state index is 0.138. The molecule has 1 aromatic rings. The van der Waals surface area contributed by atoms with E-state index in [2.05, 4.69) is 10.6 Å². The highest BCUT2D eigenvalue weighted by Crippen LogP contribution is 2.49. The van der Waals surface area contributed by atoms with Crippen LogP contribution in [0.3, 0.4) is 0 Å². The summed E-state index contributed by atoms with van der Waals surface area (Å²) < 4.78 is 0. The van der Waals surface area contributed by atoms with Crippen molar-refractivity contribution in [2.45, 2.75) is 51.4 Å². The Labute approximate surface area is 155 Å². The summed E-state index contributed by atoms with van der Waals surface area (Å²) in [4.78, 5) is 25.6. The molecule has 5 rings (SSSR count). The molecule has 4 fully saturated rings. The Balaban J connectivity index is 1.27. The molecule has 0 heterocycles. The van der Waals surface area contributed by atoms with E-state index in [1.54, 1.807) is 0 Å². The lowest BCUT2D eigenvalue weighted by Crippen LogP contribution is -2.29. The predicted molar refractivity (Wildman–Crippen MR) is 102 cm³/mol. The van der Waals surface area contributed by atoms with E-state index in [0.29, 0.717) is 11.8 Å². The lowest BCUT2D eigenvalue weighted by molar-refractivity contribution is -0.122. The average Bonchev–Trinajstić information content (AvgIpc) is 3.43. The lowest BCUT2D eigenvalue weighted by atomic mass is 9.88. The third-order valence-electron chi connectivity index (χ3n) is 7.59. The van der Waals surface area contributed by atoms with E-state index in [-0.39, 0.29) is 23.7 Å². The average molecular weight is 352 g/mol. The van der Waals surface area contributed by atoms with E-state index in [1.807, 2.05) is 24.3 Å². The van der Waals surface area contributed by atoms with E-state index < -0.39 is 0 Å². The van der Waals surface area contributed by atoms with Crippen LogP contribution in [0.4, 0.5) is 11.4 Å². The number of amides is 2. The predicted octanol–water partition coefficient (Wildman–Crippen LogP) is 4.44. The normalized spacial score (nSPS) is 37.1. The number of fused-ring (bicyclic) bond motifs is 4. The van der Waals surface area contributed by atoms with Crippen molar-refractivity contribution in [2.24, 2.45) is 35.5 Å². The molecule has 4 bridgehead atoms. The van der Waals surface area contributed by atoms with Gasteiger partial charge in [-0.1, -0.05) is 25.0 Å². The quantitative estimate of drug-likeness (QED) is 0.842. The van der Waals surface area contributed by atoms with Crippen molar-refractivity contribution in [3.63, 3.8) is 0 Å². The van der Waals surface area contributed by atoms with Crippen LogP contribution in [-0.4, -0.2) is 11.8 Å². The van der Waals surface area contributed by atoms with Crippen LogP contribution in [0.25, 0.3) is 0 Å². The molecule has 2 amide bonds. The van der Waals surface area contributed by atoms with Gasteiger partial charge in [-0.25, -0.2) is 0 Å². The molecular weight excluding hydrogens is 324 g/mol. The van der Waals surface area contributed by atoms with E-state index in [4.69, 9.17) is 0 Å². The number of rotatable bonds is 4. The zero-order valence-electron chi connectivity index (χ0n) is 15.2. The van der Waals surface area contributed by atoms with Crippen LogP contribution >= 0.6 is 0 Å². The van der Waals surface area contributed by atoms with E-state index in [9.17, 15) is 9.59 Å². The lowest BCUT2D eigenvalue weighted by Gasteiger charge is -2.23. The molecule has 0 aliphatic heterocycles. The van der Waals surface area contributed by atoms with Crippen LogP contribution in [0.1, 0.15) is 51.4 Å². The molecule has 0 aromatic heterocycles. The second-order valence-corrected chi connectivity index (χ2v) is 9.09. The summed E-state index contributed by atoms with van der Waals surface area (Å²) in [7, 11) is 0. The largest absolute Gasteiger partial charge is 0.324 e. The third kappa shape index (κ3) is 2.83. The molecule has 6 unspecified atom stereocenters. The van der Waals surface area contributed by atoms with Gasteiger partial charge < -0.3 is 10.6 Å². The fourth-order valence-corrected chi connectivity index (χ4v) is 6.28. The molecule has 4 heteroatoms. The number of carbonyl (C=O) groups excluding carboxylic acids is 2. The van der Waals surface area contributed by atoms with Crippen LogP contribution in [0.5, 0.6) is 0 Å². The van der Waals surface area contributed by atoms with Gasteiger partial charge in [0.2, 0.25) is 11.8 Å². The molecule has 0 spiro atoms. The molecule has 138 valence electrons. The Hall–Kier alpha value is -1.84. The fraction of sp³-hybridized carbons (Fsp3) is 0.636. The first-order valence-corrected chi connectivity index (χ1v) is 10.4. The second-order valence-electron chi connectivity index (χ2n) is 9.09. The van der Waals surface area contributed by atoms with Crippen LogP contribution in [0.2, 0.25) is 0 Å². The summed E-state index contributed by atoms with van der Waals surface area (Å²) in [5.41, 5.74) is 1.49. The summed E-state index contributed by atoms with van der Waals surface area (Å²) in [6.07, 6.45) is 9.51. The smallest absolute Gasteiger partial charge is 0.227 e. The van der Waals surface area contributed by atoms with Crippen LogP contribution < -0.4 is 10.6 Å². The van der Waals surface area contributed by atoms with E-state index in [0.717, 1.165) is 36.1 Å². The molecule has 6 atom stereocenters. The second kappa shape index (κ2) is 6.40. The third-order valence-corrected chi connectivity index (χ3v) is 7.59. The Morgan fingerprint density at radius 3 is 1.50 bits per heavy atom. The van der Waals surface area contributed by atoms with Crippen LogP contribution in [0.15, 0.2) is 24.3 Å². The van der Waals surface area contributed by atoms with Crippen LogP contribution in [-0.2, 0) is 9.59 Å². The molecule has 1 aromatic carbocycles. The number of carbonyl (C=O) groups is 2. The highest BCUT2D eigenvalue weighted by atomic mass is 16.2. The van der Waals surface area contributed by atoms with Crippen molar-refractivity contribution in [2.75, 3.05) is 10.6 Å². The summed E-state index contributed by atoms with van der Waals surface area (Å²) >= 11 is 0. The van der Waals surface area contributed by atoms with Crippen molar-refractivity contribution < 1.29 is 9.59 Å². The number of para-hydroxylation sites is 2. The van der Waals surface area contributed by atoms with Gasteiger partial charge in [0.05, 0.1) is 11.4 Å². The minimum absolute atomic E-state index is 0.138. The maximum absolute atomic E-state index is 12.8. The maximum Gasteiger partial charge on any atom is 0.227 e. The summed E-state index contributed by atoms with van der Waals surface area (Å²) in [5, 5.41) is 6.23. The summed E-state index contributed by atoms with van der Waals surface area (Å²) in [5.74, 6) is 3.22. The molecule has 0 radical (unpaired) electrons. The van der Waals surface area contributed by atoms with Gasteiger partial charge >= 0.3 is 0 Å². The van der Waals surface area contributed by atoms with Gasteiger partial charge in [-0.3, -0.25) is 9.59 Å². The topological polar surface area (TPSA) is 58.2 Å². The molecule has 4 saturated carbocycles. The van der Waals surface area contributed by atoms with Crippen molar-refractivity contribution in [3.05, 3.63) is 24.3 Å². The summed E-state index contributed by atoms with van der Waals surface area (Å²) in [6.45, 7) is 0. The van der Waals surface area contributed by atoms with Gasteiger partial charge in [-0.2, -0.15) is 0 Å². The molecule has 4 aliphatic carbocycles. The highest BCUT2D eigenvalue weighted by Gasteiger charge is 2.44. The Morgan fingerprint density at radius 1 is 0.692 bits per heavy atom. The Kier molecular flexibility index (Phi) is 4.02. The number of hydrogen-bond acceptors (Lipinski definition) is 2. The van der Waals surface area contributed by atoms with Crippen molar-refractivity contribution in [1.82, 2.24) is 0 Å². The van der Waals surface area contributed by atoms with E-state index >= 15 is 0 Å². The standard InChI is InChI=1S/C22H28N2O2/c25-21(17-11-13-5-7-15(17)9-13)23-19-3-1-2-4-20(19)24-22(26)18-12-14-6-8-16(18)10-14/h1-4,13-18H,5-12H2,(H,23,25)(H,24,26). The van der Waals surface area contributed by atoms with Crippen LogP contribution in [0, 0.1) is 35.5 Å². The SMILES string of the molecule is O=C(Nc1ccccc1NC(=O)C1CC2CCC1C2)C1CC2CCC1C2. The molecule has 4 aliphatic rings. The van der Waals surface area contributed by atoms with Crippen molar-refractivity contribution in [3.8, 4) is 0 Å². The monoisotopic (exact) mass is 352 g/mol. The number of hydrogen-bond donors (Lipinski definition) is 2. The molecule has 2 N–H and O–H groups in total. The zero-order chi connectivity index (χ0) is 17.7. The number of benzene rings is 1. The van der Waals surface area contributed by atoms with Crippen molar-refractivity contribution in [1.29, 1.82) is 0 Å². The van der Waals surface area contributed by atoms with E-state index in [1.165, 1.54) is 38.5 Å². The van der Waals surface area contributed by atoms with Gasteiger partial charge in [0.15, 0.2) is 0 Å². The maximum atomic E-state index is 12.8. The summed E-state index contributed by atoms with van der Waals surface area (Å²) in [6, 6.07) is 7.65. The highest BCUT2D eigenvalue weighted by molar-refractivity contribution is 6.01. The van der Waals surface area contributed by atoms with Gasteiger partial charge in [0.1, 0.15) is 0 Å². The first-order chi connectivity index (χ1) is 12.7. The fourth-order valence-electron chi connectivity index (χ4n) is 6.28. The first-order valence-electron chi connectivity index (χ1n) is 10.4. The number of anilines is 2. The number of nitrogens with one attached hydrogen (secondary N) is 2. The van der Waals surface area contributed by atoms with Gasteiger partial charge in [-0.15, -0.1) is 0 Å². The van der Waals surface area contributed by atoms with Gasteiger partial charge in [0.25, 0.3) is 0 Å². The molecular formula is C22H28N2O2. The first kappa shape index (κ1) is 16.3. The zero-order valence-corrected chi connectivity index (χ0v) is 15.2.